The maximum atomic E-state index is 4.17. The summed E-state index contributed by atoms with van der Waals surface area (Å²) < 4.78 is 0. The average molecular weight is 155 g/mol. The van der Waals surface area contributed by atoms with Crippen LogP contribution in [0.25, 0.3) is 0 Å². The predicted molar refractivity (Wildman–Crippen MR) is 49.9 cm³/mol. The minimum absolute atomic E-state index is 0.692. The molecule has 0 bridgehead atoms. The van der Waals surface area contributed by atoms with Crippen molar-refractivity contribution in [3.63, 3.8) is 0 Å². The van der Waals surface area contributed by atoms with E-state index in [9.17, 15) is 0 Å². The SMILES string of the molecule is C=CN(C)C/N=C\CN(C)C. The van der Waals surface area contributed by atoms with Gasteiger partial charge in [0.05, 0.1) is 0 Å². The summed E-state index contributed by atoms with van der Waals surface area (Å²) in [7, 11) is 5.98. The fourth-order valence-corrected chi connectivity index (χ4v) is 0.465. The molecule has 11 heavy (non-hydrogen) atoms. The van der Waals surface area contributed by atoms with Crippen molar-refractivity contribution < 1.29 is 0 Å². The zero-order chi connectivity index (χ0) is 8.69. The Balaban J connectivity index is 3.36. The van der Waals surface area contributed by atoms with Gasteiger partial charge in [-0.25, -0.2) is 0 Å². The Bertz CT molecular complexity index is 129. The lowest BCUT2D eigenvalue weighted by atomic mass is 10.6. The first-order valence-electron chi connectivity index (χ1n) is 3.62. The molecule has 0 aliphatic rings. The normalized spacial score (nSPS) is 10.9. The molecule has 0 N–H and O–H groups in total. The molecule has 0 radical (unpaired) electrons. The fraction of sp³-hybridized carbons (Fsp3) is 0.625. The predicted octanol–water partition coefficient (Wildman–Crippen LogP) is 0.652. The van der Waals surface area contributed by atoms with Gasteiger partial charge in [-0.1, -0.05) is 6.58 Å². The molecule has 3 nitrogen and oxygen atoms in total. The summed E-state index contributed by atoms with van der Waals surface area (Å²) in [6.07, 6.45) is 3.66. The number of rotatable bonds is 5. The van der Waals surface area contributed by atoms with Crippen molar-refractivity contribution in [2.24, 2.45) is 4.99 Å². The van der Waals surface area contributed by atoms with Crippen LogP contribution in [0.1, 0.15) is 0 Å². The van der Waals surface area contributed by atoms with Crippen molar-refractivity contribution in [3.8, 4) is 0 Å². The third-order valence-electron chi connectivity index (χ3n) is 1.19. The minimum atomic E-state index is 0.692. The van der Waals surface area contributed by atoms with Crippen LogP contribution < -0.4 is 0 Å². The lowest BCUT2D eigenvalue weighted by Crippen LogP contribution is -2.15. The Morgan fingerprint density at radius 2 is 2.00 bits per heavy atom. The molecule has 3 heteroatoms. The summed E-state index contributed by atoms with van der Waals surface area (Å²) in [5, 5.41) is 0. The van der Waals surface area contributed by atoms with Crippen LogP contribution in [-0.2, 0) is 0 Å². The topological polar surface area (TPSA) is 18.8 Å². The first kappa shape index (κ1) is 10.2. The minimum Gasteiger partial charge on any atom is -0.362 e. The van der Waals surface area contributed by atoms with Gasteiger partial charge in [-0.3, -0.25) is 4.99 Å². The Morgan fingerprint density at radius 3 is 2.45 bits per heavy atom. The molecule has 0 aromatic rings. The molecule has 0 fully saturated rings. The largest absolute Gasteiger partial charge is 0.362 e. The first-order valence-corrected chi connectivity index (χ1v) is 3.62. The summed E-state index contributed by atoms with van der Waals surface area (Å²) in [6, 6.07) is 0. The second-order valence-electron chi connectivity index (χ2n) is 2.71. The molecule has 64 valence electrons. The van der Waals surface area contributed by atoms with Gasteiger partial charge in [0.1, 0.15) is 6.67 Å². The quantitative estimate of drug-likeness (QED) is 0.543. The first-order chi connectivity index (χ1) is 5.16. The van der Waals surface area contributed by atoms with Crippen molar-refractivity contribution >= 4 is 6.21 Å². The molecule has 0 aromatic carbocycles. The number of nitrogens with zero attached hydrogens (tertiary/aromatic N) is 3. The summed E-state index contributed by atoms with van der Waals surface area (Å²) in [6.45, 7) is 5.20. The molecule has 0 saturated heterocycles. The van der Waals surface area contributed by atoms with Gasteiger partial charge in [0, 0.05) is 19.8 Å². The van der Waals surface area contributed by atoms with E-state index >= 15 is 0 Å². The lowest BCUT2D eigenvalue weighted by Gasteiger charge is -2.09. The van der Waals surface area contributed by atoms with Crippen LogP contribution in [0.4, 0.5) is 0 Å². The highest BCUT2D eigenvalue weighted by atomic mass is 15.2. The Hall–Kier alpha value is -0.830. The second kappa shape index (κ2) is 5.92. The van der Waals surface area contributed by atoms with Crippen molar-refractivity contribution in [1.29, 1.82) is 0 Å². The molecule has 0 heterocycles. The Labute approximate surface area is 69.0 Å². The summed E-state index contributed by atoms with van der Waals surface area (Å²) in [5.74, 6) is 0. The van der Waals surface area contributed by atoms with Gasteiger partial charge >= 0.3 is 0 Å². The maximum absolute atomic E-state index is 4.17. The highest BCUT2D eigenvalue weighted by molar-refractivity contribution is 5.59. The van der Waals surface area contributed by atoms with Crippen LogP contribution in [0.2, 0.25) is 0 Å². The van der Waals surface area contributed by atoms with E-state index in [2.05, 4.69) is 16.5 Å². The van der Waals surface area contributed by atoms with Gasteiger partial charge < -0.3 is 9.80 Å². The Morgan fingerprint density at radius 1 is 1.36 bits per heavy atom. The van der Waals surface area contributed by atoms with Crippen LogP contribution in [0, 0.1) is 0 Å². The molecule has 0 aliphatic heterocycles. The van der Waals surface area contributed by atoms with E-state index in [1.54, 1.807) is 6.20 Å². The van der Waals surface area contributed by atoms with E-state index < -0.39 is 0 Å². The van der Waals surface area contributed by atoms with Crippen LogP contribution in [-0.4, -0.2) is 50.4 Å². The van der Waals surface area contributed by atoms with Gasteiger partial charge in [-0.2, -0.15) is 0 Å². The number of hydrogen-bond acceptors (Lipinski definition) is 3. The Kier molecular flexibility index (Phi) is 5.47. The standard InChI is InChI=1S/C8H17N3/c1-5-11(4)8-9-6-7-10(2)3/h5-6H,1,7-8H2,2-4H3/b9-6-. The second-order valence-corrected chi connectivity index (χ2v) is 2.71. The van der Waals surface area contributed by atoms with Crippen LogP contribution in [0.3, 0.4) is 0 Å². The molecular weight excluding hydrogens is 138 g/mol. The highest BCUT2D eigenvalue weighted by Crippen LogP contribution is 1.80. The van der Waals surface area contributed by atoms with Crippen molar-refractivity contribution in [2.75, 3.05) is 34.4 Å². The van der Waals surface area contributed by atoms with Crippen molar-refractivity contribution in [3.05, 3.63) is 12.8 Å². The third kappa shape index (κ3) is 7.06. The van der Waals surface area contributed by atoms with E-state index in [0.29, 0.717) is 6.67 Å². The van der Waals surface area contributed by atoms with Crippen LogP contribution in [0.5, 0.6) is 0 Å². The molecule has 0 atom stereocenters. The summed E-state index contributed by atoms with van der Waals surface area (Å²) in [5.41, 5.74) is 0. The van der Waals surface area contributed by atoms with Crippen molar-refractivity contribution in [1.82, 2.24) is 9.80 Å². The zero-order valence-electron chi connectivity index (χ0n) is 7.62. The third-order valence-corrected chi connectivity index (χ3v) is 1.19. The van der Waals surface area contributed by atoms with Crippen LogP contribution >= 0.6 is 0 Å². The van der Waals surface area contributed by atoms with Gasteiger partial charge in [0.15, 0.2) is 0 Å². The van der Waals surface area contributed by atoms with Crippen molar-refractivity contribution in [2.45, 2.75) is 0 Å². The summed E-state index contributed by atoms with van der Waals surface area (Å²) >= 11 is 0. The summed E-state index contributed by atoms with van der Waals surface area (Å²) in [4.78, 5) is 8.16. The number of aliphatic imine (C=N–C) groups is 1. The smallest absolute Gasteiger partial charge is 0.109 e. The molecule has 0 amide bonds. The van der Waals surface area contributed by atoms with Gasteiger partial charge in [0.25, 0.3) is 0 Å². The van der Waals surface area contributed by atoms with Gasteiger partial charge in [-0.05, 0) is 20.3 Å². The highest BCUT2D eigenvalue weighted by Gasteiger charge is 1.84. The van der Waals surface area contributed by atoms with E-state index in [1.807, 2.05) is 32.3 Å². The molecule has 0 rings (SSSR count). The van der Waals surface area contributed by atoms with Gasteiger partial charge in [0.2, 0.25) is 0 Å². The molecule has 0 unspecified atom stereocenters. The van der Waals surface area contributed by atoms with E-state index in [-0.39, 0.29) is 0 Å². The number of hydrogen-bond donors (Lipinski definition) is 0. The van der Waals surface area contributed by atoms with Gasteiger partial charge in [-0.15, -0.1) is 0 Å². The molecule has 0 aliphatic carbocycles. The van der Waals surface area contributed by atoms with E-state index in [0.717, 1.165) is 6.54 Å². The molecule has 0 saturated carbocycles. The maximum Gasteiger partial charge on any atom is 0.109 e. The lowest BCUT2D eigenvalue weighted by molar-refractivity contribution is 0.461. The molecule has 0 spiro atoms. The molecule has 0 aromatic heterocycles. The molecular formula is C8H17N3. The fourth-order valence-electron chi connectivity index (χ4n) is 0.465. The van der Waals surface area contributed by atoms with Crippen LogP contribution in [0.15, 0.2) is 17.8 Å². The zero-order valence-corrected chi connectivity index (χ0v) is 7.62. The monoisotopic (exact) mass is 155 g/mol. The van der Waals surface area contributed by atoms with E-state index in [1.165, 1.54) is 0 Å². The van der Waals surface area contributed by atoms with E-state index in [4.69, 9.17) is 0 Å². The average Bonchev–Trinajstić information content (AvgIpc) is 1.97.